The van der Waals surface area contributed by atoms with Crippen molar-refractivity contribution >= 4 is 33.2 Å². The monoisotopic (exact) mass is 415 g/mol. The fraction of sp³-hybridized carbons (Fsp3) is 0.167. The third-order valence-electron chi connectivity index (χ3n) is 3.54. The van der Waals surface area contributed by atoms with Crippen molar-refractivity contribution in [2.75, 3.05) is 0 Å². The zero-order valence-electron chi connectivity index (χ0n) is 13.5. The third kappa shape index (κ3) is 3.81. The Kier molecular flexibility index (Phi) is 5.02. The topological polar surface area (TPSA) is 78.9 Å². The second kappa shape index (κ2) is 7.21. The molecule has 0 aliphatic carbocycles. The van der Waals surface area contributed by atoms with Crippen LogP contribution in [0.2, 0.25) is 0 Å². The Hall–Kier alpha value is -2.43. The molecular formula is C18H14BrN3O2S. The van der Waals surface area contributed by atoms with E-state index in [1.54, 1.807) is 13.0 Å². The number of carbonyl (C=O) groups is 1. The van der Waals surface area contributed by atoms with Crippen molar-refractivity contribution in [2.45, 2.75) is 19.9 Å². The number of benzene rings is 1. The molecule has 0 radical (unpaired) electrons. The quantitative estimate of drug-likeness (QED) is 0.664. The van der Waals surface area contributed by atoms with Gasteiger partial charge in [-0.2, -0.15) is 5.26 Å². The maximum atomic E-state index is 12.6. The number of carbonyl (C=O) groups excluding carboxylic acids is 1. The van der Waals surface area contributed by atoms with E-state index in [9.17, 15) is 10.1 Å². The van der Waals surface area contributed by atoms with Gasteiger partial charge in [0, 0.05) is 4.47 Å². The van der Waals surface area contributed by atoms with E-state index in [4.69, 9.17) is 4.42 Å². The van der Waals surface area contributed by atoms with E-state index >= 15 is 0 Å². The van der Waals surface area contributed by atoms with E-state index in [0.29, 0.717) is 26.9 Å². The van der Waals surface area contributed by atoms with Gasteiger partial charge in [0.05, 0.1) is 11.8 Å². The van der Waals surface area contributed by atoms with E-state index < -0.39 is 6.04 Å². The molecule has 0 unspecified atom stereocenters. The van der Waals surface area contributed by atoms with Crippen LogP contribution >= 0.6 is 27.3 Å². The van der Waals surface area contributed by atoms with E-state index in [-0.39, 0.29) is 5.91 Å². The maximum Gasteiger partial charge on any atom is 0.264 e. The van der Waals surface area contributed by atoms with Gasteiger partial charge in [-0.1, -0.05) is 28.1 Å². The first-order valence-corrected chi connectivity index (χ1v) is 9.09. The molecule has 3 aromatic rings. The van der Waals surface area contributed by atoms with Crippen LogP contribution in [0.4, 0.5) is 0 Å². The number of nitrogens with one attached hydrogen (secondary N) is 1. The van der Waals surface area contributed by atoms with Gasteiger partial charge in [-0.3, -0.25) is 4.79 Å². The zero-order valence-corrected chi connectivity index (χ0v) is 15.9. The van der Waals surface area contributed by atoms with Crippen LogP contribution in [0.3, 0.4) is 0 Å². The summed E-state index contributed by atoms with van der Waals surface area (Å²) in [5, 5.41) is 12.8. The van der Waals surface area contributed by atoms with E-state index in [1.165, 1.54) is 11.3 Å². The lowest BCUT2D eigenvalue weighted by Crippen LogP contribution is -2.27. The standard InChI is InChI=1S/C18H14BrN3O2S/c1-10-6-7-15(24-10)18-21-11(2)16(25-18)17(23)22-14(9-20)12-4-3-5-13(19)8-12/h3-8,14H,1-2H3,(H,22,23)/t14-/m1/s1. The largest absolute Gasteiger partial charge is 0.459 e. The molecule has 2 aromatic heterocycles. The summed E-state index contributed by atoms with van der Waals surface area (Å²) in [6, 6.07) is 12.4. The molecule has 5 nitrogen and oxygen atoms in total. The lowest BCUT2D eigenvalue weighted by molar-refractivity contribution is 0.0948. The van der Waals surface area contributed by atoms with E-state index in [0.717, 1.165) is 10.2 Å². The molecule has 0 aliphatic heterocycles. The summed E-state index contributed by atoms with van der Waals surface area (Å²) >= 11 is 4.62. The van der Waals surface area contributed by atoms with E-state index in [2.05, 4.69) is 32.3 Å². The van der Waals surface area contributed by atoms with Crippen molar-refractivity contribution in [1.29, 1.82) is 5.26 Å². The minimum absolute atomic E-state index is 0.323. The number of amides is 1. The predicted molar refractivity (Wildman–Crippen MR) is 99.3 cm³/mol. The van der Waals surface area contributed by atoms with Crippen molar-refractivity contribution in [1.82, 2.24) is 10.3 Å². The molecule has 1 aromatic carbocycles. The molecule has 1 N–H and O–H groups in total. The molecule has 7 heteroatoms. The van der Waals surface area contributed by atoms with Gasteiger partial charge in [-0.05, 0) is 43.7 Å². The SMILES string of the molecule is Cc1ccc(-c2nc(C)c(C(=O)N[C@H](C#N)c3cccc(Br)c3)s2)o1. The first kappa shape index (κ1) is 17.4. The molecule has 1 amide bonds. The minimum atomic E-state index is -0.735. The first-order valence-electron chi connectivity index (χ1n) is 7.48. The first-order chi connectivity index (χ1) is 12.0. The summed E-state index contributed by atoms with van der Waals surface area (Å²) in [7, 11) is 0. The van der Waals surface area contributed by atoms with Crippen molar-refractivity contribution in [2.24, 2.45) is 0 Å². The van der Waals surface area contributed by atoms with Crippen LogP contribution in [-0.2, 0) is 0 Å². The fourth-order valence-corrected chi connectivity index (χ4v) is 3.68. The molecule has 2 heterocycles. The van der Waals surface area contributed by atoms with Gasteiger partial charge in [-0.25, -0.2) is 4.98 Å². The number of nitrogens with zero attached hydrogens (tertiary/aromatic N) is 2. The maximum absolute atomic E-state index is 12.6. The molecule has 0 saturated carbocycles. The molecule has 3 rings (SSSR count). The average molecular weight is 416 g/mol. The highest BCUT2D eigenvalue weighted by Crippen LogP contribution is 2.29. The Morgan fingerprint density at radius 1 is 1.36 bits per heavy atom. The number of aromatic nitrogens is 1. The van der Waals surface area contributed by atoms with Crippen LogP contribution in [0.25, 0.3) is 10.8 Å². The predicted octanol–water partition coefficient (Wildman–Crippen LogP) is 4.78. The van der Waals surface area contributed by atoms with Crippen LogP contribution in [0, 0.1) is 25.2 Å². The van der Waals surface area contributed by atoms with Crippen molar-refractivity contribution < 1.29 is 9.21 Å². The van der Waals surface area contributed by atoms with Gasteiger partial charge in [0.2, 0.25) is 0 Å². The Balaban J connectivity index is 1.83. The average Bonchev–Trinajstić information content (AvgIpc) is 3.18. The van der Waals surface area contributed by atoms with Crippen molar-refractivity contribution in [3.8, 4) is 16.8 Å². The number of thiazole rings is 1. The van der Waals surface area contributed by atoms with Gasteiger partial charge < -0.3 is 9.73 Å². The number of nitriles is 1. The fourth-order valence-electron chi connectivity index (χ4n) is 2.33. The summed E-state index contributed by atoms with van der Waals surface area (Å²) in [5.41, 5.74) is 1.33. The van der Waals surface area contributed by atoms with Crippen LogP contribution in [0.15, 0.2) is 45.3 Å². The van der Waals surface area contributed by atoms with E-state index in [1.807, 2.05) is 37.3 Å². The Bertz CT molecular complexity index is 971. The summed E-state index contributed by atoms with van der Waals surface area (Å²) < 4.78 is 6.41. The molecule has 0 bridgehead atoms. The minimum Gasteiger partial charge on any atom is -0.459 e. The summed E-state index contributed by atoms with van der Waals surface area (Å²) in [4.78, 5) is 17.5. The van der Waals surface area contributed by atoms with Crippen LogP contribution < -0.4 is 5.32 Å². The summed E-state index contributed by atoms with van der Waals surface area (Å²) in [6.07, 6.45) is 0. The summed E-state index contributed by atoms with van der Waals surface area (Å²) in [5.74, 6) is 1.09. The van der Waals surface area contributed by atoms with Crippen LogP contribution in [0.1, 0.15) is 32.7 Å². The number of hydrogen-bond donors (Lipinski definition) is 1. The van der Waals surface area contributed by atoms with Gasteiger partial charge >= 0.3 is 0 Å². The highest BCUT2D eigenvalue weighted by molar-refractivity contribution is 9.10. The van der Waals surface area contributed by atoms with Gasteiger partial charge in [-0.15, -0.1) is 11.3 Å². The number of halogens is 1. The Morgan fingerprint density at radius 3 is 2.80 bits per heavy atom. The molecular weight excluding hydrogens is 402 g/mol. The molecule has 0 fully saturated rings. The number of rotatable bonds is 4. The molecule has 25 heavy (non-hydrogen) atoms. The smallest absolute Gasteiger partial charge is 0.264 e. The van der Waals surface area contributed by atoms with Crippen molar-refractivity contribution in [3.05, 3.63) is 62.8 Å². The van der Waals surface area contributed by atoms with Crippen molar-refractivity contribution in [3.63, 3.8) is 0 Å². The lowest BCUT2D eigenvalue weighted by atomic mass is 10.1. The highest BCUT2D eigenvalue weighted by Gasteiger charge is 2.21. The molecule has 0 saturated heterocycles. The van der Waals surface area contributed by atoms with Crippen LogP contribution in [0.5, 0.6) is 0 Å². The number of furan rings is 1. The number of hydrogen-bond acceptors (Lipinski definition) is 5. The molecule has 1 atom stereocenters. The molecule has 126 valence electrons. The lowest BCUT2D eigenvalue weighted by Gasteiger charge is -2.11. The normalized spacial score (nSPS) is 11.8. The second-order valence-corrected chi connectivity index (χ2v) is 7.35. The third-order valence-corrected chi connectivity index (χ3v) is 5.20. The highest BCUT2D eigenvalue weighted by atomic mass is 79.9. The summed E-state index contributed by atoms with van der Waals surface area (Å²) in [6.45, 7) is 3.62. The molecule has 0 aliphatic rings. The second-order valence-electron chi connectivity index (χ2n) is 5.43. The van der Waals surface area contributed by atoms with Crippen LogP contribution in [-0.4, -0.2) is 10.9 Å². The van der Waals surface area contributed by atoms with Gasteiger partial charge in [0.1, 0.15) is 16.7 Å². The zero-order chi connectivity index (χ0) is 18.0. The Labute approximate surface area is 157 Å². The molecule has 0 spiro atoms. The number of aryl methyl sites for hydroxylation is 2. The van der Waals surface area contributed by atoms with Gasteiger partial charge in [0.25, 0.3) is 5.91 Å². The Morgan fingerprint density at radius 2 is 2.16 bits per heavy atom. The van der Waals surface area contributed by atoms with Gasteiger partial charge in [0.15, 0.2) is 10.8 Å².